The maximum atomic E-state index is 12.2. The standard InChI is InChI=1S/C20H20N2O4S/c23-20(12-14-27(24,25)18-9-5-2-6-10-18)21-13-11-17-15-19(26-22-17)16-7-3-1-4-8-16/h1-10,15H,11-14H2,(H,21,23). The highest BCUT2D eigenvalue weighted by Gasteiger charge is 2.16. The maximum Gasteiger partial charge on any atom is 0.221 e. The number of benzene rings is 2. The molecule has 0 aliphatic rings. The molecule has 0 saturated carbocycles. The number of aromatic nitrogens is 1. The van der Waals surface area contributed by atoms with Gasteiger partial charge in [0.2, 0.25) is 5.91 Å². The molecule has 0 aliphatic carbocycles. The van der Waals surface area contributed by atoms with Gasteiger partial charge in [0.15, 0.2) is 15.6 Å². The number of carbonyl (C=O) groups is 1. The number of rotatable bonds is 8. The van der Waals surface area contributed by atoms with Crippen molar-refractivity contribution in [2.45, 2.75) is 17.7 Å². The van der Waals surface area contributed by atoms with E-state index in [1.165, 1.54) is 12.1 Å². The summed E-state index contributed by atoms with van der Waals surface area (Å²) in [5, 5.41) is 6.71. The van der Waals surface area contributed by atoms with E-state index in [4.69, 9.17) is 4.52 Å². The molecular weight excluding hydrogens is 364 g/mol. The Morgan fingerprint density at radius 2 is 1.67 bits per heavy atom. The second-order valence-corrected chi connectivity index (χ2v) is 8.14. The van der Waals surface area contributed by atoms with Gasteiger partial charge in [0.1, 0.15) is 0 Å². The number of sulfone groups is 1. The predicted octanol–water partition coefficient (Wildman–Crippen LogP) is 2.86. The topological polar surface area (TPSA) is 89.3 Å². The summed E-state index contributed by atoms with van der Waals surface area (Å²) in [4.78, 5) is 12.1. The van der Waals surface area contributed by atoms with Gasteiger partial charge in [-0.25, -0.2) is 8.42 Å². The van der Waals surface area contributed by atoms with Gasteiger partial charge in [-0.3, -0.25) is 4.79 Å². The predicted molar refractivity (Wildman–Crippen MR) is 102 cm³/mol. The summed E-state index contributed by atoms with van der Waals surface area (Å²) in [7, 11) is -3.45. The Morgan fingerprint density at radius 3 is 2.37 bits per heavy atom. The van der Waals surface area contributed by atoms with Gasteiger partial charge < -0.3 is 9.84 Å². The van der Waals surface area contributed by atoms with Gasteiger partial charge in [-0.2, -0.15) is 0 Å². The van der Waals surface area contributed by atoms with Crippen LogP contribution in [0.2, 0.25) is 0 Å². The molecule has 1 amide bonds. The Labute approximate surface area is 158 Å². The molecule has 27 heavy (non-hydrogen) atoms. The van der Waals surface area contributed by atoms with Crippen molar-refractivity contribution in [1.82, 2.24) is 10.5 Å². The first-order valence-electron chi connectivity index (χ1n) is 8.60. The van der Waals surface area contributed by atoms with Crippen LogP contribution in [-0.2, 0) is 21.1 Å². The monoisotopic (exact) mass is 384 g/mol. The summed E-state index contributed by atoms with van der Waals surface area (Å²) in [5.41, 5.74) is 1.66. The molecule has 1 heterocycles. The molecule has 0 radical (unpaired) electrons. The molecule has 0 bridgehead atoms. The SMILES string of the molecule is O=C(CCS(=O)(=O)c1ccccc1)NCCc1cc(-c2ccccc2)on1. The van der Waals surface area contributed by atoms with Crippen molar-refractivity contribution in [3.63, 3.8) is 0 Å². The minimum atomic E-state index is -3.45. The molecule has 140 valence electrons. The van der Waals surface area contributed by atoms with E-state index < -0.39 is 9.84 Å². The number of nitrogens with zero attached hydrogens (tertiary/aromatic N) is 1. The lowest BCUT2D eigenvalue weighted by Crippen LogP contribution is -2.27. The molecule has 6 nitrogen and oxygen atoms in total. The molecule has 0 atom stereocenters. The van der Waals surface area contributed by atoms with Crippen LogP contribution in [0.1, 0.15) is 12.1 Å². The summed E-state index contributed by atoms with van der Waals surface area (Å²) >= 11 is 0. The average Bonchev–Trinajstić information content (AvgIpc) is 3.17. The minimum absolute atomic E-state index is 0.0781. The first kappa shape index (κ1) is 18.8. The van der Waals surface area contributed by atoms with E-state index >= 15 is 0 Å². The van der Waals surface area contributed by atoms with Crippen molar-refractivity contribution in [1.29, 1.82) is 0 Å². The molecule has 0 saturated heterocycles. The molecule has 0 spiro atoms. The van der Waals surface area contributed by atoms with E-state index in [0.717, 1.165) is 11.3 Å². The third-order valence-electron chi connectivity index (χ3n) is 4.02. The number of hydrogen-bond donors (Lipinski definition) is 1. The smallest absolute Gasteiger partial charge is 0.221 e. The third kappa shape index (κ3) is 5.27. The van der Waals surface area contributed by atoms with E-state index in [1.54, 1.807) is 18.2 Å². The zero-order valence-corrected chi connectivity index (χ0v) is 15.5. The summed E-state index contributed by atoms with van der Waals surface area (Å²) in [6.07, 6.45) is 0.429. The summed E-state index contributed by atoms with van der Waals surface area (Å²) in [6, 6.07) is 19.6. The second kappa shape index (κ2) is 8.64. The van der Waals surface area contributed by atoms with Crippen LogP contribution in [0.5, 0.6) is 0 Å². The van der Waals surface area contributed by atoms with Crippen LogP contribution in [0.3, 0.4) is 0 Å². The highest BCUT2D eigenvalue weighted by Crippen LogP contribution is 2.19. The van der Waals surface area contributed by atoms with Crippen LogP contribution >= 0.6 is 0 Å². The highest BCUT2D eigenvalue weighted by atomic mass is 32.2. The third-order valence-corrected chi connectivity index (χ3v) is 5.75. The zero-order chi connectivity index (χ0) is 19.1. The molecule has 3 aromatic rings. The normalized spacial score (nSPS) is 11.3. The van der Waals surface area contributed by atoms with Crippen LogP contribution in [0.4, 0.5) is 0 Å². The minimum Gasteiger partial charge on any atom is -0.356 e. The highest BCUT2D eigenvalue weighted by molar-refractivity contribution is 7.91. The lowest BCUT2D eigenvalue weighted by Gasteiger charge is -2.05. The fourth-order valence-electron chi connectivity index (χ4n) is 2.56. The first-order valence-corrected chi connectivity index (χ1v) is 10.3. The van der Waals surface area contributed by atoms with Crippen LogP contribution in [-0.4, -0.2) is 31.8 Å². The van der Waals surface area contributed by atoms with Crippen molar-refractivity contribution in [2.75, 3.05) is 12.3 Å². The van der Waals surface area contributed by atoms with Crippen molar-refractivity contribution >= 4 is 15.7 Å². The summed E-state index contributed by atoms with van der Waals surface area (Å²) < 4.78 is 29.6. The van der Waals surface area contributed by atoms with E-state index in [9.17, 15) is 13.2 Å². The Balaban J connectivity index is 1.44. The lowest BCUT2D eigenvalue weighted by atomic mass is 10.1. The lowest BCUT2D eigenvalue weighted by molar-refractivity contribution is -0.120. The van der Waals surface area contributed by atoms with Crippen LogP contribution in [0, 0.1) is 0 Å². The van der Waals surface area contributed by atoms with Crippen LogP contribution in [0.15, 0.2) is 76.1 Å². The molecule has 3 rings (SSSR count). The number of nitrogens with one attached hydrogen (secondary N) is 1. The van der Waals surface area contributed by atoms with E-state index in [1.807, 2.05) is 36.4 Å². The van der Waals surface area contributed by atoms with Gasteiger partial charge in [-0.1, -0.05) is 53.7 Å². The molecule has 7 heteroatoms. The average molecular weight is 384 g/mol. The fourth-order valence-corrected chi connectivity index (χ4v) is 3.82. The van der Waals surface area contributed by atoms with Gasteiger partial charge in [0.05, 0.1) is 16.3 Å². The zero-order valence-electron chi connectivity index (χ0n) is 14.7. The molecule has 0 fully saturated rings. The first-order chi connectivity index (χ1) is 13.0. The largest absolute Gasteiger partial charge is 0.356 e. The van der Waals surface area contributed by atoms with Crippen molar-refractivity contribution in [3.8, 4) is 11.3 Å². The Kier molecular flexibility index (Phi) is 6.03. The summed E-state index contributed by atoms with van der Waals surface area (Å²) in [5.74, 6) is 0.150. The molecule has 1 N–H and O–H groups in total. The Bertz CT molecular complexity index is 983. The van der Waals surface area contributed by atoms with Crippen LogP contribution in [0.25, 0.3) is 11.3 Å². The number of amides is 1. The Morgan fingerprint density at radius 1 is 1.00 bits per heavy atom. The van der Waals surface area contributed by atoms with Gasteiger partial charge in [0, 0.05) is 31.0 Å². The van der Waals surface area contributed by atoms with Gasteiger partial charge in [-0.05, 0) is 12.1 Å². The fraction of sp³-hybridized carbons (Fsp3) is 0.200. The van der Waals surface area contributed by atoms with Crippen LogP contribution < -0.4 is 5.32 Å². The molecule has 0 unspecified atom stereocenters. The quantitative estimate of drug-likeness (QED) is 0.645. The molecule has 1 aromatic heterocycles. The van der Waals surface area contributed by atoms with Gasteiger partial charge in [-0.15, -0.1) is 0 Å². The molecule has 0 aliphatic heterocycles. The van der Waals surface area contributed by atoms with Gasteiger partial charge >= 0.3 is 0 Å². The maximum absolute atomic E-state index is 12.2. The number of carbonyl (C=O) groups excluding carboxylic acids is 1. The van der Waals surface area contributed by atoms with Gasteiger partial charge in [0.25, 0.3) is 0 Å². The van der Waals surface area contributed by atoms with E-state index in [2.05, 4.69) is 10.5 Å². The Hall–Kier alpha value is -2.93. The molecular formula is C20H20N2O4S. The second-order valence-electron chi connectivity index (χ2n) is 6.03. The van der Waals surface area contributed by atoms with Crippen molar-refractivity contribution in [3.05, 3.63) is 72.4 Å². The summed E-state index contributed by atoms with van der Waals surface area (Å²) in [6.45, 7) is 0.366. The van der Waals surface area contributed by atoms with Crippen molar-refractivity contribution in [2.24, 2.45) is 0 Å². The van der Waals surface area contributed by atoms with Crippen molar-refractivity contribution < 1.29 is 17.7 Å². The van der Waals surface area contributed by atoms with E-state index in [0.29, 0.717) is 18.7 Å². The molecule has 2 aromatic carbocycles. The van der Waals surface area contributed by atoms with E-state index in [-0.39, 0.29) is 23.0 Å². The number of hydrogen-bond acceptors (Lipinski definition) is 5.